The average Bonchev–Trinajstić information content (AvgIpc) is 2.73. The van der Waals surface area contributed by atoms with Crippen LogP contribution in [0.15, 0.2) is 48.5 Å². The summed E-state index contributed by atoms with van der Waals surface area (Å²) in [6.45, 7) is 1.18. The van der Waals surface area contributed by atoms with Crippen molar-refractivity contribution in [2.24, 2.45) is 5.73 Å². The molecule has 3 rings (SSSR count). The number of carbonyl (C=O) groups excluding carboxylic acids is 2. The third kappa shape index (κ3) is 6.09. The third-order valence-corrected chi connectivity index (χ3v) is 5.01. The molecule has 0 bridgehead atoms. The molecule has 0 aromatic heterocycles. The molecule has 1 aliphatic rings. The minimum atomic E-state index is -0.366. The number of anilines is 2. The van der Waals surface area contributed by atoms with Gasteiger partial charge in [-0.15, -0.1) is 24.8 Å². The topological polar surface area (TPSA) is 113 Å². The van der Waals surface area contributed by atoms with Gasteiger partial charge in [-0.3, -0.25) is 14.5 Å². The van der Waals surface area contributed by atoms with Gasteiger partial charge in [0.1, 0.15) is 6.54 Å². The van der Waals surface area contributed by atoms with Crippen molar-refractivity contribution in [2.75, 3.05) is 30.3 Å². The number of hydrogen-bond acceptors (Lipinski definition) is 5. The lowest BCUT2D eigenvalue weighted by Crippen LogP contribution is -2.46. The fourth-order valence-corrected chi connectivity index (χ4v) is 3.30. The number of benzene rings is 2. The Bertz CT molecular complexity index is 843. The summed E-state index contributed by atoms with van der Waals surface area (Å²) < 4.78 is 0. The van der Waals surface area contributed by atoms with Gasteiger partial charge in [-0.05, 0) is 42.7 Å². The molecule has 9 heteroatoms. The molecule has 164 valence electrons. The molecule has 2 amide bonds. The van der Waals surface area contributed by atoms with Crippen molar-refractivity contribution in [1.82, 2.24) is 4.90 Å². The van der Waals surface area contributed by atoms with Gasteiger partial charge < -0.3 is 21.5 Å². The number of nitrogen functional groups attached to an aromatic ring is 1. The second-order valence-corrected chi connectivity index (χ2v) is 6.96. The summed E-state index contributed by atoms with van der Waals surface area (Å²) in [6, 6.07) is 14.2. The van der Waals surface area contributed by atoms with E-state index in [1.807, 2.05) is 18.2 Å². The molecule has 0 saturated carbocycles. The predicted octanol–water partition coefficient (Wildman–Crippen LogP) is 2.20. The minimum absolute atomic E-state index is 0. The van der Waals surface area contributed by atoms with Crippen molar-refractivity contribution in [3.8, 4) is 0 Å². The van der Waals surface area contributed by atoms with Gasteiger partial charge in [-0.1, -0.05) is 24.3 Å². The van der Waals surface area contributed by atoms with Crippen LogP contribution in [0.3, 0.4) is 0 Å². The first-order chi connectivity index (χ1) is 13.5. The maximum absolute atomic E-state index is 13.3. The molecule has 5 N–H and O–H groups in total. The van der Waals surface area contributed by atoms with Crippen LogP contribution in [0, 0.1) is 0 Å². The molecule has 2 aromatic rings. The first kappa shape index (κ1) is 25.7. The number of hydrogen-bond donors (Lipinski definition) is 3. The molecule has 1 saturated heterocycles. The number of carbonyl (C=O) groups is 2. The predicted molar refractivity (Wildman–Crippen MR) is 123 cm³/mol. The number of para-hydroxylation sites is 1. The SMILES string of the molecule is Cl.Cl.NCc1ccc(N)c(C(=O)N(CC(=O)N2CCC(O)CC2)c2ccccc2)c1. The Balaban J connectivity index is 0.00000225. The fraction of sp³-hybridized carbons (Fsp3) is 0.333. The van der Waals surface area contributed by atoms with Crippen LogP contribution >= 0.6 is 24.8 Å². The van der Waals surface area contributed by atoms with Crippen LogP contribution in [-0.2, 0) is 11.3 Å². The third-order valence-electron chi connectivity index (χ3n) is 5.01. The Labute approximate surface area is 188 Å². The maximum atomic E-state index is 13.3. The molecular weight excluding hydrogens is 427 g/mol. The van der Waals surface area contributed by atoms with Gasteiger partial charge in [-0.25, -0.2) is 0 Å². The first-order valence-electron chi connectivity index (χ1n) is 9.41. The van der Waals surface area contributed by atoms with Crippen LogP contribution < -0.4 is 16.4 Å². The molecule has 2 aromatic carbocycles. The Morgan fingerprint density at radius 1 is 1.07 bits per heavy atom. The van der Waals surface area contributed by atoms with Crippen molar-refractivity contribution in [2.45, 2.75) is 25.5 Å². The number of amides is 2. The van der Waals surface area contributed by atoms with Crippen LogP contribution in [0.2, 0.25) is 0 Å². The second kappa shape index (κ2) is 11.8. The molecule has 0 radical (unpaired) electrons. The van der Waals surface area contributed by atoms with Gasteiger partial charge in [0.25, 0.3) is 5.91 Å². The van der Waals surface area contributed by atoms with Gasteiger partial charge >= 0.3 is 0 Å². The number of aliphatic hydroxyl groups excluding tert-OH is 1. The van der Waals surface area contributed by atoms with Crippen molar-refractivity contribution in [3.05, 3.63) is 59.7 Å². The monoisotopic (exact) mass is 454 g/mol. The highest BCUT2D eigenvalue weighted by Crippen LogP contribution is 2.22. The van der Waals surface area contributed by atoms with E-state index < -0.39 is 0 Å². The fourth-order valence-electron chi connectivity index (χ4n) is 3.30. The van der Waals surface area contributed by atoms with Crippen LogP contribution in [0.5, 0.6) is 0 Å². The van der Waals surface area contributed by atoms with Crippen LogP contribution in [0.4, 0.5) is 11.4 Å². The average molecular weight is 455 g/mol. The lowest BCUT2D eigenvalue weighted by Gasteiger charge is -2.32. The number of piperidine rings is 1. The molecule has 0 atom stereocenters. The molecule has 1 aliphatic heterocycles. The highest BCUT2D eigenvalue weighted by Gasteiger charge is 2.27. The van der Waals surface area contributed by atoms with Crippen molar-refractivity contribution < 1.29 is 14.7 Å². The van der Waals surface area contributed by atoms with Crippen LogP contribution in [0.1, 0.15) is 28.8 Å². The lowest BCUT2D eigenvalue weighted by molar-refractivity contribution is -0.131. The zero-order chi connectivity index (χ0) is 20.1. The van der Waals surface area contributed by atoms with Crippen molar-refractivity contribution >= 4 is 48.0 Å². The number of nitrogens with zero attached hydrogens (tertiary/aromatic N) is 2. The van der Waals surface area contributed by atoms with E-state index in [9.17, 15) is 14.7 Å². The Morgan fingerprint density at radius 3 is 2.30 bits per heavy atom. The number of likely N-dealkylation sites (tertiary alicyclic amines) is 1. The highest BCUT2D eigenvalue weighted by molar-refractivity contribution is 6.11. The Hall–Kier alpha value is -2.32. The van der Waals surface area contributed by atoms with Crippen molar-refractivity contribution in [1.29, 1.82) is 0 Å². The largest absolute Gasteiger partial charge is 0.398 e. The zero-order valence-electron chi connectivity index (χ0n) is 16.6. The van der Waals surface area contributed by atoms with Gasteiger partial charge in [0.2, 0.25) is 5.91 Å². The number of nitrogens with two attached hydrogens (primary N) is 2. The number of aliphatic hydroxyl groups is 1. The molecule has 30 heavy (non-hydrogen) atoms. The van der Waals surface area contributed by atoms with E-state index in [1.165, 1.54) is 4.90 Å². The summed E-state index contributed by atoms with van der Waals surface area (Å²) in [5.41, 5.74) is 13.8. The quantitative estimate of drug-likeness (QED) is 0.599. The second-order valence-electron chi connectivity index (χ2n) is 6.96. The highest BCUT2D eigenvalue weighted by atomic mass is 35.5. The van der Waals surface area contributed by atoms with Gasteiger partial charge in [0, 0.05) is 31.0 Å². The van der Waals surface area contributed by atoms with E-state index in [-0.39, 0.29) is 49.3 Å². The number of halogens is 2. The standard InChI is InChI=1S/C21H26N4O3.2ClH/c22-13-15-6-7-19(23)18(12-15)21(28)25(16-4-2-1-3-5-16)14-20(27)24-10-8-17(26)9-11-24;;/h1-7,12,17,26H,8-11,13-14,22-23H2;2*1H. The van der Waals surface area contributed by atoms with Gasteiger partial charge in [0.15, 0.2) is 0 Å². The molecule has 0 aliphatic carbocycles. The van der Waals surface area contributed by atoms with Crippen LogP contribution in [0.25, 0.3) is 0 Å². The summed E-state index contributed by atoms with van der Waals surface area (Å²) in [6.07, 6.45) is 0.738. The molecule has 1 fully saturated rings. The van der Waals surface area contributed by atoms with Crippen molar-refractivity contribution in [3.63, 3.8) is 0 Å². The Kier molecular flexibility index (Phi) is 10.1. The first-order valence-corrected chi connectivity index (χ1v) is 9.41. The van der Waals surface area contributed by atoms with Gasteiger partial charge in [-0.2, -0.15) is 0 Å². The zero-order valence-corrected chi connectivity index (χ0v) is 18.2. The van der Waals surface area contributed by atoms with E-state index in [2.05, 4.69) is 0 Å². The molecule has 1 heterocycles. The minimum Gasteiger partial charge on any atom is -0.398 e. The van der Waals surface area contributed by atoms with E-state index in [4.69, 9.17) is 11.5 Å². The summed E-state index contributed by atoms with van der Waals surface area (Å²) in [7, 11) is 0. The molecular formula is C21H28Cl2N4O3. The van der Waals surface area contributed by atoms with E-state index in [0.29, 0.717) is 49.4 Å². The lowest BCUT2D eigenvalue weighted by atomic mass is 10.1. The molecule has 0 spiro atoms. The Morgan fingerprint density at radius 2 is 1.70 bits per heavy atom. The maximum Gasteiger partial charge on any atom is 0.260 e. The van der Waals surface area contributed by atoms with Crippen LogP contribution in [-0.4, -0.2) is 47.6 Å². The van der Waals surface area contributed by atoms with E-state index in [0.717, 1.165) is 5.56 Å². The summed E-state index contributed by atoms with van der Waals surface area (Å²) in [4.78, 5) is 29.3. The smallest absolute Gasteiger partial charge is 0.260 e. The normalized spacial score (nSPS) is 13.7. The van der Waals surface area contributed by atoms with Gasteiger partial charge in [0.05, 0.1) is 11.7 Å². The summed E-state index contributed by atoms with van der Waals surface area (Å²) in [5.74, 6) is -0.498. The van der Waals surface area contributed by atoms with E-state index >= 15 is 0 Å². The van der Waals surface area contributed by atoms with E-state index in [1.54, 1.807) is 35.2 Å². The number of rotatable bonds is 5. The molecule has 0 unspecified atom stereocenters. The molecule has 7 nitrogen and oxygen atoms in total. The summed E-state index contributed by atoms with van der Waals surface area (Å²) in [5, 5.41) is 9.66. The summed E-state index contributed by atoms with van der Waals surface area (Å²) >= 11 is 0.